The molecule has 2 rings (SSSR count). The second kappa shape index (κ2) is 3.77. The molecule has 0 saturated heterocycles. The number of phenols is 1. The topological polar surface area (TPSA) is 65.3 Å². The Balaban J connectivity index is 2.35. The van der Waals surface area contributed by atoms with E-state index in [4.69, 9.17) is 5.11 Å². The van der Waals surface area contributed by atoms with Gasteiger partial charge in [-0.1, -0.05) is 0 Å². The summed E-state index contributed by atoms with van der Waals surface area (Å²) in [6, 6.07) is 6.33. The molecule has 0 aromatic heterocycles. The van der Waals surface area contributed by atoms with Crippen molar-refractivity contribution in [2.45, 2.75) is 6.92 Å². The van der Waals surface area contributed by atoms with Crippen LogP contribution in [0, 0.1) is 0 Å². The molecule has 1 aliphatic heterocycles. The third-order valence-electron chi connectivity index (χ3n) is 2.23. The Hall–Kier alpha value is -2.17. The van der Waals surface area contributed by atoms with E-state index >= 15 is 0 Å². The van der Waals surface area contributed by atoms with Gasteiger partial charge in [0.2, 0.25) is 0 Å². The Bertz CT molecular complexity index is 488. The summed E-state index contributed by atoms with van der Waals surface area (Å²) >= 11 is 0. The molecule has 0 atom stereocenters. The third kappa shape index (κ3) is 1.79. The maximum atomic E-state index is 11.6. The van der Waals surface area contributed by atoms with Crippen molar-refractivity contribution in [3.8, 4) is 5.75 Å². The molecule has 0 fully saturated rings. The van der Waals surface area contributed by atoms with E-state index in [2.05, 4.69) is 10.1 Å². The van der Waals surface area contributed by atoms with Crippen molar-refractivity contribution in [3.63, 3.8) is 0 Å². The molecule has 0 unspecified atom stereocenters. The molecular weight excluding hydrogens is 206 g/mol. The molecule has 5 heteroatoms. The summed E-state index contributed by atoms with van der Waals surface area (Å²) in [5.74, 6) is -0.0465. The van der Waals surface area contributed by atoms with Gasteiger partial charge in [-0.3, -0.25) is 4.79 Å². The standard InChI is InChI=1S/C11H11N3O2/c1-7-10(11(16)14(2)13-7)12-8-3-5-9(15)6-4-8/h3-6,15H,1-2H3. The van der Waals surface area contributed by atoms with Gasteiger partial charge in [0.1, 0.15) is 5.75 Å². The first kappa shape index (κ1) is 10.4. The van der Waals surface area contributed by atoms with E-state index < -0.39 is 0 Å². The van der Waals surface area contributed by atoms with E-state index in [1.54, 1.807) is 26.1 Å². The van der Waals surface area contributed by atoms with Crippen LogP contribution in [0.5, 0.6) is 5.75 Å². The number of amides is 1. The Kier molecular flexibility index (Phi) is 2.44. The summed E-state index contributed by atoms with van der Waals surface area (Å²) in [5, 5.41) is 14.4. The molecule has 0 aliphatic carbocycles. The number of carbonyl (C=O) groups excluding carboxylic acids is 1. The number of hydrazone groups is 1. The largest absolute Gasteiger partial charge is 0.508 e. The number of carbonyl (C=O) groups is 1. The fraction of sp³-hybridized carbons (Fsp3) is 0.182. The monoisotopic (exact) mass is 217 g/mol. The molecule has 0 saturated carbocycles. The highest BCUT2D eigenvalue weighted by atomic mass is 16.3. The van der Waals surface area contributed by atoms with Crippen molar-refractivity contribution in [1.82, 2.24) is 5.01 Å². The summed E-state index contributed by atoms with van der Waals surface area (Å²) < 4.78 is 0. The molecule has 0 radical (unpaired) electrons. The zero-order valence-corrected chi connectivity index (χ0v) is 9.01. The second-order valence-electron chi connectivity index (χ2n) is 3.49. The van der Waals surface area contributed by atoms with Gasteiger partial charge in [-0.2, -0.15) is 5.10 Å². The summed E-state index contributed by atoms with van der Waals surface area (Å²) in [7, 11) is 1.59. The molecule has 0 spiro atoms. The highest BCUT2D eigenvalue weighted by molar-refractivity contribution is 6.68. The van der Waals surface area contributed by atoms with Gasteiger partial charge < -0.3 is 5.11 Å². The van der Waals surface area contributed by atoms with Crippen LogP contribution < -0.4 is 0 Å². The molecule has 1 heterocycles. The molecule has 82 valence electrons. The van der Waals surface area contributed by atoms with E-state index in [9.17, 15) is 4.79 Å². The van der Waals surface area contributed by atoms with E-state index in [1.807, 2.05) is 0 Å². The Morgan fingerprint density at radius 3 is 2.44 bits per heavy atom. The summed E-state index contributed by atoms with van der Waals surface area (Å²) in [5.41, 5.74) is 1.56. The van der Waals surface area contributed by atoms with E-state index in [0.29, 0.717) is 17.1 Å². The lowest BCUT2D eigenvalue weighted by atomic mass is 10.2. The van der Waals surface area contributed by atoms with Crippen LogP contribution in [0.2, 0.25) is 0 Å². The number of phenolic OH excluding ortho intramolecular Hbond substituents is 1. The summed E-state index contributed by atoms with van der Waals surface area (Å²) in [6.45, 7) is 1.74. The first-order valence-electron chi connectivity index (χ1n) is 4.79. The average molecular weight is 217 g/mol. The van der Waals surface area contributed by atoms with Gasteiger partial charge >= 0.3 is 0 Å². The lowest BCUT2D eigenvalue weighted by Gasteiger charge is -2.01. The summed E-state index contributed by atoms with van der Waals surface area (Å²) in [4.78, 5) is 15.8. The molecule has 1 aliphatic rings. The first-order valence-corrected chi connectivity index (χ1v) is 4.79. The van der Waals surface area contributed by atoms with Gasteiger partial charge in [0, 0.05) is 7.05 Å². The minimum atomic E-state index is -0.217. The lowest BCUT2D eigenvalue weighted by molar-refractivity contribution is -0.122. The quantitative estimate of drug-likeness (QED) is 0.770. The van der Waals surface area contributed by atoms with Crippen molar-refractivity contribution < 1.29 is 9.90 Å². The van der Waals surface area contributed by atoms with Crippen LogP contribution in [0.25, 0.3) is 0 Å². The van der Waals surface area contributed by atoms with Crippen LogP contribution in [0.15, 0.2) is 34.4 Å². The highest BCUT2D eigenvalue weighted by Crippen LogP contribution is 2.18. The molecule has 1 aromatic rings. The van der Waals surface area contributed by atoms with Gasteiger partial charge in [-0.15, -0.1) is 0 Å². The fourth-order valence-corrected chi connectivity index (χ4v) is 1.41. The SMILES string of the molecule is CC1=NN(C)C(=O)C1=Nc1ccc(O)cc1. The van der Waals surface area contributed by atoms with Crippen molar-refractivity contribution in [3.05, 3.63) is 24.3 Å². The maximum Gasteiger partial charge on any atom is 0.294 e. The molecule has 1 N–H and O–H groups in total. The number of hydrogen-bond donors (Lipinski definition) is 1. The van der Waals surface area contributed by atoms with Crippen LogP contribution in [-0.4, -0.2) is 34.5 Å². The average Bonchev–Trinajstić information content (AvgIpc) is 2.48. The minimum absolute atomic E-state index is 0.171. The molecule has 1 amide bonds. The van der Waals surface area contributed by atoms with Gasteiger partial charge in [0.05, 0.1) is 11.4 Å². The van der Waals surface area contributed by atoms with E-state index in [1.165, 1.54) is 17.1 Å². The molecule has 5 nitrogen and oxygen atoms in total. The Labute approximate surface area is 92.7 Å². The number of rotatable bonds is 1. The first-order chi connectivity index (χ1) is 7.58. The van der Waals surface area contributed by atoms with Crippen molar-refractivity contribution in [1.29, 1.82) is 0 Å². The number of aromatic hydroxyl groups is 1. The predicted octanol–water partition coefficient (Wildman–Crippen LogP) is 1.31. The van der Waals surface area contributed by atoms with Crippen LogP contribution in [0.3, 0.4) is 0 Å². The summed E-state index contributed by atoms with van der Waals surface area (Å²) in [6.07, 6.45) is 0. The van der Waals surface area contributed by atoms with Gasteiger partial charge in [-0.05, 0) is 31.2 Å². The van der Waals surface area contributed by atoms with Crippen molar-refractivity contribution in [2.24, 2.45) is 10.1 Å². The van der Waals surface area contributed by atoms with Gasteiger partial charge in [0.15, 0.2) is 5.71 Å². The zero-order chi connectivity index (χ0) is 11.7. The van der Waals surface area contributed by atoms with E-state index in [0.717, 1.165) is 0 Å². The fourth-order valence-electron chi connectivity index (χ4n) is 1.41. The van der Waals surface area contributed by atoms with Crippen LogP contribution in [-0.2, 0) is 4.79 Å². The highest BCUT2D eigenvalue weighted by Gasteiger charge is 2.25. The lowest BCUT2D eigenvalue weighted by Crippen LogP contribution is -2.23. The number of benzene rings is 1. The van der Waals surface area contributed by atoms with Crippen LogP contribution in [0.1, 0.15) is 6.92 Å². The number of hydrogen-bond acceptors (Lipinski definition) is 4. The zero-order valence-electron chi connectivity index (χ0n) is 9.01. The molecule has 1 aromatic carbocycles. The second-order valence-corrected chi connectivity index (χ2v) is 3.49. The van der Waals surface area contributed by atoms with Gasteiger partial charge in [-0.25, -0.2) is 10.0 Å². The Morgan fingerprint density at radius 1 is 1.31 bits per heavy atom. The third-order valence-corrected chi connectivity index (χ3v) is 2.23. The van der Waals surface area contributed by atoms with Crippen LogP contribution in [0.4, 0.5) is 5.69 Å². The molecule has 0 bridgehead atoms. The minimum Gasteiger partial charge on any atom is -0.508 e. The number of aliphatic imine (C=N–C) groups is 1. The van der Waals surface area contributed by atoms with Crippen molar-refractivity contribution in [2.75, 3.05) is 7.05 Å². The smallest absolute Gasteiger partial charge is 0.294 e. The van der Waals surface area contributed by atoms with Crippen LogP contribution >= 0.6 is 0 Å². The number of nitrogens with zero attached hydrogens (tertiary/aromatic N) is 3. The van der Waals surface area contributed by atoms with Crippen molar-refractivity contribution >= 4 is 23.0 Å². The normalized spacial score (nSPS) is 18.1. The Morgan fingerprint density at radius 2 is 1.94 bits per heavy atom. The molecule has 16 heavy (non-hydrogen) atoms. The van der Waals surface area contributed by atoms with Gasteiger partial charge in [0.25, 0.3) is 5.91 Å². The molecular formula is C11H11N3O2. The van der Waals surface area contributed by atoms with E-state index in [-0.39, 0.29) is 11.7 Å². The maximum absolute atomic E-state index is 11.6. The predicted molar refractivity (Wildman–Crippen MR) is 61.1 cm³/mol.